The summed E-state index contributed by atoms with van der Waals surface area (Å²) in [5.41, 5.74) is 3.82. The van der Waals surface area contributed by atoms with E-state index < -0.39 is 0 Å². The second kappa shape index (κ2) is 8.19. The second-order valence-corrected chi connectivity index (χ2v) is 7.48. The molecule has 2 aromatic carbocycles. The quantitative estimate of drug-likeness (QED) is 0.787. The maximum atomic E-state index is 14.0. The molecule has 26 heavy (non-hydrogen) atoms. The van der Waals surface area contributed by atoms with E-state index in [-0.39, 0.29) is 5.82 Å². The fraction of sp³-hybridized carbons (Fsp3) is 0.455. The number of hydrogen-bond donors (Lipinski definition) is 0. The van der Waals surface area contributed by atoms with Gasteiger partial charge in [-0.2, -0.15) is 0 Å². The lowest BCUT2D eigenvalue weighted by Gasteiger charge is -2.40. The Labute approximate surface area is 156 Å². The predicted octanol–water partition coefficient (Wildman–Crippen LogP) is 4.45. The highest BCUT2D eigenvalue weighted by molar-refractivity contribution is 5.33. The summed E-state index contributed by atoms with van der Waals surface area (Å²) in [4.78, 5) is 4.86. The molecule has 3 rings (SSSR count). The first-order valence-electron chi connectivity index (χ1n) is 9.33. The van der Waals surface area contributed by atoms with Crippen molar-refractivity contribution < 1.29 is 9.13 Å². The fourth-order valence-electron chi connectivity index (χ4n) is 3.82. The van der Waals surface area contributed by atoms with Crippen molar-refractivity contribution in [1.82, 2.24) is 9.80 Å². The number of halogens is 1. The topological polar surface area (TPSA) is 15.7 Å². The third kappa shape index (κ3) is 4.08. The summed E-state index contributed by atoms with van der Waals surface area (Å²) in [5, 5.41) is 0. The van der Waals surface area contributed by atoms with E-state index in [9.17, 15) is 4.39 Å². The van der Waals surface area contributed by atoms with Crippen molar-refractivity contribution in [3.05, 3.63) is 65.0 Å². The Bertz CT molecular complexity index is 747. The number of rotatable bonds is 5. The van der Waals surface area contributed by atoms with Gasteiger partial charge in [0.1, 0.15) is 0 Å². The molecule has 1 fully saturated rings. The van der Waals surface area contributed by atoms with Crippen LogP contribution in [0.5, 0.6) is 5.75 Å². The maximum absolute atomic E-state index is 14.0. The molecule has 1 aliphatic heterocycles. The van der Waals surface area contributed by atoms with Crippen LogP contribution in [-0.4, -0.2) is 43.6 Å². The van der Waals surface area contributed by atoms with Crippen molar-refractivity contribution in [3.8, 4) is 5.75 Å². The van der Waals surface area contributed by atoms with Crippen molar-refractivity contribution in [2.75, 3.05) is 33.8 Å². The van der Waals surface area contributed by atoms with Crippen LogP contribution in [0, 0.1) is 5.82 Å². The molecule has 0 aliphatic carbocycles. The average Bonchev–Trinajstić information content (AvgIpc) is 2.63. The molecule has 1 aliphatic rings. The van der Waals surface area contributed by atoms with E-state index in [1.165, 1.54) is 18.2 Å². The van der Waals surface area contributed by atoms with E-state index >= 15 is 0 Å². The summed E-state index contributed by atoms with van der Waals surface area (Å²) in [6.45, 7) is 8.21. The minimum Gasteiger partial charge on any atom is -0.494 e. The van der Waals surface area contributed by atoms with Crippen molar-refractivity contribution in [2.45, 2.75) is 32.4 Å². The van der Waals surface area contributed by atoms with Crippen molar-refractivity contribution in [3.63, 3.8) is 0 Å². The minimum absolute atomic E-state index is 0.291. The maximum Gasteiger partial charge on any atom is 0.165 e. The molecule has 1 heterocycles. The lowest BCUT2D eigenvalue weighted by molar-refractivity contribution is 0.0898. The van der Waals surface area contributed by atoms with E-state index in [0.717, 1.165) is 31.7 Å². The molecule has 140 valence electrons. The van der Waals surface area contributed by atoms with Gasteiger partial charge in [-0.05, 0) is 41.8 Å². The van der Waals surface area contributed by atoms with Crippen molar-refractivity contribution in [1.29, 1.82) is 0 Å². The van der Waals surface area contributed by atoms with Crippen LogP contribution in [0.25, 0.3) is 0 Å². The summed E-state index contributed by atoms with van der Waals surface area (Å²) in [6, 6.07) is 14.4. The Morgan fingerprint density at radius 3 is 2.62 bits per heavy atom. The van der Waals surface area contributed by atoms with Gasteiger partial charge in [-0.3, -0.25) is 9.80 Å². The standard InChI is InChI=1S/C22H29FN2O/c1-16(2)18-7-5-6-8-19(18)21-15-25(12-11-24(21)3)14-17-9-10-22(26-4)20(23)13-17/h5-10,13,16,21H,11-12,14-15H2,1-4H3. The van der Waals surface area contributed by atoms with Gasteiger partial charge in [0.15, 0.2) is 11.6 Å². The van der Waals surface area contributed by atoms with Gasteiger partial charge >= 0.3 is 0 Å². The van der Waals surface area contributed by atoms with E-state index in [4.69, 9.17) is 4.74 Å². The number of benzene rings is 2. The van der Waals surface area contributed by atoms with Crippen molar-refractivity contribution in [2.24, 2.45) is 0 Å². The monoisotopic (exact) mass is 356 g/mol. The normalized spacial score (nSPS) is 19.1. The first-order valence-corrected chi connectivity index (χ1v) is 9.33. The summed E-state index contributed by atoms with van der Waals surface area (Å²) >= 11 is 0. The summed E-state index contributed by atoms with van der Waals surface area (Å²) < 4.78 is 19.0. The van der Waals surface area contributed by atoms with Gasteiger partial charge in [0.05, 0.1) is 7.11 Å². The average molecular weight is 356 g/mol. The largest absolute Gasteiger partial charge is 0.494 e. The second-order valence-electron chi connectivity index (χ2n) is 7.48. The van der Waals surface area contributed by atoms with Crippen LogP contribution in [0.3, 0.4) is 0 Å². The molecular formula is C22H29FN2O. The van der Waals surface area contributed by atoms with Crippen LogP contribution >= 0.6 is 0 Å². The molecule has 4 heteroatoms. The van der Waals surface area contributed by atoms with E-state index in [2.05, 4.69) is 55.0 Å². The number of ether oxygens (including phenoxy) is 1. The zero-order chi connectivity index (χ0) is 18.7. The first kappa shape index (κ1) is 18.9. The zero-order valence-electron chi connectivity index (χ0n) is 16.2. The van der Waals surface area contributed by atoms with Gasteiger partial charge in [-0.15, -0.1) is 0 Å². The Morgan fingerprint density at radius 1 is 1.15 bits per heavy atom. The highest BCUT2D eigenvalue weighted by Crippen LogP contribution is 2.31. The molecule has 1 unspecified atom stereocenters. The molecule has 0 amide bonds. The van der Waals surface area contributed by atoms with Crippen LogP contribution in [0.4, 0.5) is 4.39 Å². The van der Waals surface area contributed by atoms with Gasteiger partial charge in [0.25, 0.3) is 0 Å². The zero-order valence-corrected chi connectivity index (χ0v) is 16.2. The van der Waals surface area contributed by atoms with Crippen LogP contribution < -0.4 is 4.74 Å². The first-order chi connectivity index (χ1) is 12.5. The van der Waals surface area contributed by atoms with Gasteiger partial charge < -0.3 is 4.74 Å². The Balaban J connectivity index is 1.77. The highest BCUT2D eigenvalue weighted by atomic mass is 19.1. The smallest absolute Gasteiger partial charge is 0.165 e. The molecule has 1 atom stereocenters. The summed E-state index contributed by atoms with van der Waals surface area (Å²) in [6.07, 6.45) is 0. The number of piperazine rings is 1. The van der Waals surface area contributed by atoms with E-state index in [0.29, 0.717) is 17.7 Å². The van der Waals surface area contributed by atoms with Gasteiger partial charge in [0, 0.05) is 32.2 Å². The fourth-order valence-corrected chi connectivity index (χ4v) is 3.82. The third-order valence-corrected chi connectivity index (χ3v) is 5.33. The van der Waals surface area contributed by atoms with Crippen molar-refractivity contribution >= 4 is 0 Å². The molecule has 3 nitrogen and oxygen atoms in total. The molecule has 1 saturated heterocycles. The molecular weight excluding hydrogens is 327 g/mol. The molecule has 0 spiro atoms. The Kier molecular flexibility index (Phi) is 5.94. The number of hydrogen-bond acceptors (Lipinski definition) is 3. The predicted molar refractivity (Wildman–Crippen MR) is 104 cm³/mol. The van der Waals surface area contributed by atoms with Crippen LogP contribution in [-0.2, 0) is 6.54 Å². The number of methoxy groups -OCH3 is 1. The SMILES string of the molecule is COc1ccc(CN2CCN(C)C(c3ccccc3C(C)C)C2)cc1F. The lowest BCUT2D eigenvalue weighted by Crippen LogP contribution is -2.46. The van der Waals surface area contributed by atoms with E-state index in [1.54, 1.807) is 12.1 Å². The lowest BCUT2D eigenvalue weighted by atomic mass is 9.91. The summed E-state index contributed by atoms with van der Waals surface area (Å²) in [5.74, 6) is 0.516. The minimum atomic E-state index is -0.291. The third-order valence-electron chi connectivity index (χ3n) is 5.33. The van der Waals surface area contributed by atoms with Crippen LogP contribution in [0.15, 0.2) is 42.5 Å². The van der Waals surface area contributed by atoms with Gasteiger partial charge in [-0.1, -0.05) is 44.2 Å². The van der Waals surface area contributed by atoms with Crippen LogP contribution in [0.2, 0.25) is 0 Å². The Hall–Kier alpha value is -1.91. The highest BCUT2D eigenvalue weighted by Gasteiger charge is 2.27. The van der Waals surface area contributed by atoms with Crippen LogP contribution in [0.1, 0.15) is 42.5 Å². The molecule has 0 radical (unpaired) electrons. The number of likely N-dealkylation sites (N-methyl/N-ethyl adjacent to an activating group) is 1. The number of nitrogens with zero attached hydrogens (tertiary/aromatic N) is 2. The molecule has 0 aromatic heterocycles. The van der Waals surface area contributed by atoms with Gasteiger partial charge in [0.2, 0.25) is 0 Å². The van der Waals surface area contributed by atoms with Gasteiger partial charge in [-0.25, -0.2) is 4.39 Å². The molecule has 0 N–H and O–H groups in total. The van der Waals surface area contributed by atoms with E-state index in [1.807, 2.05) is 6.07 Å². The summed E-state index contributed by atoms with van der Waals surface area (Å²) in [7, 11) is 3.70. The molecule has 0 saturated carbocycles. The molecule has 0 bridgehead atoms. The Morgan fingerprint density at radius 2 is 1.92 bits per heavy atom. The molecule has 2 aromatic rings.